The first kappa shape index (κ1) is 20.9. The summed E-state index contributed by atoms with van der Waals surface area (Å²) in [6.45, 7) is 5.57. The van der Waals surface area contributed by atoms with Crippen molar-refractivity contribution >= 4 is 5.97 Å². The molecule has 3 atom stereocenters. The summed E-state index contributed by atoms with van der Waals surface area (Å²) >= 11 is 0. The van der Waals surface area contributed by atoms with Gasteiger partial charge in [0.05, 0.1) is 20.8 Å². The Balaban J connectivity index is 1.98. The zero-order valence-corrected chi connectivity index (χ0v) is 17.2. The van der Waals surface area contributed by atoms with Gasteiger partial charge in [-0.15, -0.1) is 0 Å². The van der Waals surface area contributed by atoms with Gasteiger partial charge in [0.15, 0.2) is 11.5 Å². The van der Waals surface area contributed by atoms with E-state index in [0.29, 0.717) is 30.4 Å². The van der Waals surface area contributed by atoms with E-state index in [4.69, 9.17) is 19.9 Å². The predicted molar refractivity (Wildman–Crippen MR) is 105 cm³/mol. The van der Waals surface area contributed by atoms with Crippen molar-refractivity contribution in [3.63, 3.8) is 0 Å². The topological polar surface area (TPSA) is 94.2 Å². The van der Waals surface area contributed by atoms with Gasteiger partial charge in [-0.1, -0.05) is 13.8 Å². The summed E-state index contributed by atoms with van der Waals surface area (Å²) in [4.78, 5) is 14.0. The van der Waals surface area contributed by atoms with E-state index in [9.17, 15) is 9.90 Å². The van der Waals surface area contributed by atoms with Gasteiger partial charge in [-0.05, 0) is 36.5 Å². The van der Waals surface area contributed by atoms with Crippen LogP contribution >= 0.6 is 0 Å². The number of carbonyl (C=O) groups is 1. The van der Waals surface area contributed by atoms with Crippen molar-refractivity contribution in [2.45, 2.75) is 44.9 Å². The Kier molecular flexibility index (Phi) is 6.17. The molecule has 28 heavy (non-hydrogen) atoms. The maximum Gasteiger partial charge on any atom is 0.319 e. The van der Waals surface area contributed by atoms with Crippen LogP contribution in [0, 0.1) is 11.8 Å². The standard InChI is InChI=1S/C21H32N2O5/c1-13(2)7-15-12-23-6-5-14-8-17(26-3)18(27-4)9-16(14)21(23,25)10-19(15)28-20(24)11-22/h8-9,13,15,19,25H,5-7,10-12,22H2,1-4H3. The SMILES string of the molecule is COc1cc2c(cc1OC)C1(O)CC(OC(=O)CN)C(CC(C)C)CN1CC2. The highest BCUT2D eigenvalue weighted by atomic mass is 16.5. The Bertz CT molecular complexity index is 723. The van der Waals surface area contributed by atoms with Crippen molar-refractivity contribution in [3.05, 3.63) is 23.3 Å². The van der Waals surface area contributed by atoms with E-state index in [2.05, 4.69) is 18.7 Å². The second-order valence-corrected chi connectivity index (χ2v) is 8.20. The molecule has 1 aromatic carbocycles. The van der Waals surface area contributed by atoms with Gasteiger partial charge in [0, 0.05) is 31.0 Å². The van der Waals surface area contributed by atoms with E-state index in [-0.39, 0.29) is 18.6 Å². The molecule has 156 valence electrons. The zero-order valence-electron chi connectivity index (χ0n) is 17.2. The number of benzene rings is 1. The first-order valence-electron chi connectivity index (χ1n) is 9.94. The fraction of sp³-hybridized carbons (Fsp3) is 0.667. The molecule has 2 heterocycles. The highest BCUT2D eigenvalue weighted by Gasteiger charge is 2.50. The van der Waals surface area contributed by atoms with Gasteiger partial charge in [0.1, 0.15) is 11.8 Å². The summed E-state index contributed by atoms with van der Waals surface area (Å²) in [5, 5.41) is 11.7. The summed E-state index contributed by atoms with van der Waals surface area (Å²) < 4.78 is 16.5. The molecule has 7 heteroatoms. The minimum absolute atomic E-state index is 0.158. The van der Waals surface area contributed by atoms with Crippen LogP contribution in [0.2, 0.25) is 0 Å². The smallest absolute Gasteiger partial charge is 0.319 e. The Hall–Kier alpha value is -1.83. The molecule has 0 aliphatic carbocycles. The summed E-state index contributed by atoms with van der Waals surface area (Å²) in [6.07, 6.45) is 1.69. The van der Waals surface area contributed by atoms with Gasteiger partial charge >= 0.3 is 5.97 Å². The molecule has 1 saturated heterocycles. The zero-order chi connectivity index (χ0) is 20.5. The van der Waals surface area contributed by atoms with Gasteiger partial charge in [0.2, 0.25) is 0 Å². The number of ether oxygens (including phenoxy) is 3. The fourth-order valence-corrected chi connectivity index (χ4v) is 4.63. The number of aliphatic hydroxyl groups is 1. The van der Waals surface area contributed by atoms with Crippen LogP contribution in [0.25, 0.3) is 0 Å². The van der Waals surface area contributed by atoms with Crippen LogP contribution in [-0.2, 0) is 21.7 Å². The van der Waals surface area contributed by atoms with Crippen LogP contribution in [0.4, 0.5) is 0 Å². The highest BCUT2D eigenvalue weighted by Crippen LogP contribution is 2.46. The third-order valence-electron chi connectivity index (χ3n) is 5.91. The molecule has 3 unspecified atom stereocenters. The number of hydrogen-bond acceptors (Lipinski definition) is 7. The lowest BCUT2D eigenvalue weighted by molar-refractivity contribution is -0.203. The number of carbonyl (C=O) groups excluding carboxylic acids is 1. The quantitative estimate of drug-likeness (QED) is 0.711. The molecule has 0 amide bonds. The van der Waals surface area contributed by atoms with Crippen molar-refractivity contribution in [1.29, 1.82) is 0 Å². The molecule has 3 rings (SSSR count). The number of esters is 1. The molecular weight excluding hydrogens is 360 g/mol. The lowest BCUT2D eigenvalue weighted by Crippen LogP contribution is -2.60. The number of nitrogens with two attached hydrogens (primary N) is 1. The molecule has 7 nitrogen and oxygen atoms in total. The van der Waals surface area contributed by atoms with Crippen LogP contribution in [0.3, 0.4) is 0 Å². The van der Waals surface area contributed by atoms with Crippen LogP contribution < -0.4 is 15.2 Å². The van der Waals surface area contributed by atoms with E-state index in [1.165, 1.54) is 0 Å². The van der Waals surface area contributed by atoms with Crippen LogP contribution in [0.15, 0.2) is 12.1 Å². The maximum atomic E-state index is 11.9. The van der Waals surface area contributed by atoms with Gasteiger partial charge in [-0.2, -0.15) is 0 Å². The largest absolute Gasteiger partial charge is 0.493 e. The van der Waals surface area contributed by atoms with E-state index < -0.39 is 11.7 Å². The first-order valence-corrected chi connectivity index (χ1v) is 9.94. The number of fused-ring (bicyclic) bond motifs is 3. The van der Waals surface area contributed by atoms with Crippen molar-refractivity contribution in [2.75, 3.05) is 33.9 Å². The Morgan fingerprint density at radius 3 is 2.61 bits per heavy atom. The molecule has 0 bridgehead atoms. The fourth-order valence-electron chi connectivity index (χ4n) is 4.63. The van der Waals surface area contributed by atoms with Gasteiger partial charge in [0.25, 0.3) is 0 Å². The lowest BCUT2D eigenvalue weighted by atomic mass is 9.76. The van der Waals surface area contributed by atoms with E-state index in [1.807, 2.05) is 12.1 Å². The van der Waals surface area contributed by atoms with Gasteiger partial charge in [-0.3, -0.25) is 9.69 Å². The van der Waals surface area contributed by atoms with Crippen LogP contribution in [-0.4, -0.2) is 55.9 Å². The second-order valence-electron chi connectivity index (χ2n) is 8.20. The molecule has 1 fully saturated rings. The molecule has 1 aromatic rings. The van der Waals surface area contributed by atoms with E-state index >= 15 is 0 Å². The molecule has 3 N–H and O–H groups in total. The molecule has 0 aromatic heterocycles. The maximum absolute atomic E-state index is 11.9. The third kappa shape index (κ3) is 3.83. The predicted octanol–water partition coefficient (Wildman–Crippen LogP) is 1.64. The minimum Gasteiger partial charge on any atom is -0.493 e. The average molecular weight is 392 g/mol. The lowest BCUT2D eigenvalue weighted by Gasteiger charge is -2.52. The molecular formula is C21H32N2O5. The van der Waals surface area contributed by atoms with Crippen LogP contribution in [0.5, 0.6) is 11.5 Å². The summed E-state index contributed by atoms with van der Waals surface area (Å²) in [6, 6.07) is 3.79. The summed E-state index contributed by atoms with van der Waals surface area (Å²) in [5.41, 5.74) is 6.09. The molecule has 0 spiro atoms. The van der Waals surface area contributed by atoms with Crippen molar-refractivity contribution in [3.8, 4) is 11.5 Å². The normalized spacial score (nSPS) is 27.1. The number of nitrogens with zero attached hydrogens (tertiary/aromatic N) is 1. The highest BCUT2D eigenvalue weighted by molar-refractivity contribution is 5.71. The number of piperidine rings is 1. The Morgan fingerprint density at radius 2 is 2.00 bits per heavy atom. The molecule has 2 aliphatic rings. The molecule has 0 radical (unpaired) electrons. The number of rotatable bonds is 6. The van der Waals surface area contributed by atoms with Gasteiger partial charge in [-0.25, -0.2) is 0 Å². The van der Waals surface area contributed by atoms with Crippen LogP contribution in [0.1, 0.15) is 37.8 Å². The average Bonchev–Trinajstić information content (AvgIpc) is 2.67. The van der Waals surface area contributed by atoms with Crippen molar-refractivity contribution in [2.24, 2.45) is 17.6 Å². The number of hydrogen-bond donors (Lipinski definition) is 2. The summed E-state index contributed by atoms with van der Waals surface area (Å²) in [7, 11) is 3.19. The number of methoxy groups -OCH3 is 2. The van der Waals surface area contributed by atoms with Crippen molar-refractivity contribution < 1.29 is 24.1 Å². The first-order chi connectivity index (χ1) is 13.3. The minimum atomic E-state index is -1.21. The monoisotopic (exact) mass is 392 g/mol. The van der Waals surface area contributed by atoms with E-state index in [1.54, 1.807) is 14.2 Å². The Labute approximate surface area is 166 Å². The Morgan fingerprint density at radius 1 is 1.32 bits per heavy atom. The second kappa shape index (κ2) is 8.27. The third-order valence-corrected chi connectivity index (χ3v) is 5.91. The molecule has 0 saturated carbocycles. The van der Waals surface area contributed by atoms with Gasteiger partial charge < -0.3 is 25.1 Å². The van der Waals surface area contributed by atoms with E-state index in [0.717, 1.165) is 30.5 Å². The summed E-state index contributed by atoms with van der Waals surface area (Å²) in [5.74, 6) is 1.43. The van der Waals surface area contributed by atoms with Crippen molar-refractivity contribution in [1.82, 2.24) is 4.90 Å². The molecule has 2 aliphatic heterocycles.